The lowest BCUT2D eigenvalue weighted by molar-refractivity contribution is -0.123. The largest absolute Gasteiger partial charge is 0.347 e. The number of imide groups is 1. The van der Waals surface area contributed by atoms with Gasteiger partial charge in [0.2, 0.25) is 11.8 Å². The van der Waals surface area contributed by atoms with Gasteiger partial charge in [-0.2, -0.15) is 0 Å². The lowest BCUT2D eigenvalue weighted by Gasteiger charge is -2.18. The molecule has 0 spiro atoms. The average Bonchev–Trinajstić information content (AvgIpc) is 3.45. The van der Waals surface area contributed by atoms with E-state index in [1.165, 1.54) is 4.90 Å². The lowest BCUT2D eigenvalue weighted by Crippen LogP contribution is -2.33. The van der Waals surface area contributed by atoms with E-state index in [1.807, 2.05) is 17.5 Å². The highest BCUT2D eigenvalue weighted by molar-refractivity contribution is 7.09. The number of rotatable bonds is 4. The van der Waals surface area contributed by atoms with Crippen LogP contribution < -0.4 is 10.2 Å². The van der Waals surface area contributed by atoms with Crippen LogP contribution in [0, 0.1) is 23.7 Å². The van der Waals surface area contributed by atoms with Crippen molar-refractivity contribution in [3.05, 3.63) is 64.4 Å². The SMILES string of the molecule is O=C(NCc1cccs1)c1cccc(N2C(=O)C3C4C=CC(C4)C3C2=O)c1. The highest BCUT2D eigenvalue weighted by atomic mass is 32.1. The monoisotopic (exact) mass is 378 g/mol. The molecule has 2 fully saturated rings. The van der Waals surface area contributed by atoms with E-state index in [0.717, 1.165) is 11.3 Å². The molecule has 5 rings (SSSR count). The first-order valence-corrected chi connectivity index (χ1v) is 9.98. The summed E-state index contributed by atoms with van der Waals surface area (Å²) >= 11 is 1.58. The standard InChI is InChI=1S/C21H18N2O3S/c24-19(22-11-16-5-2-8-27-16)14-3-1-4-15(10-14)23-20(25)17-12-6-7-13(9-12)18(17)21(23)26/h1-8,10,12-13,17-18H,9,11H2,(H,22,24). The minimum absolute atomic E-state index is 0.127. The average molecular weight is 378 g/mol. The Bertz CT molecular complexity index is 936. The van der Waals surface area contributed by atoms with Crippen LogP contribution in [0.3, 0.4) is 0 Å². The Morgan fingerprint density at radius 2 is 1.81 bits per heavy atom. The van der Waals surface area contributed by atoms with Gasteiger partial charge in [-0.3, -0.25) is 14.4 Å². The number of hydrogen-bond acceptors (Lipinski definition) is 4. The third-order valence-corrected chi connectivity index (χ3v) is 6.72. The van der Waals surface area contributed by atoms with Crippen molar-refractivity contribution in [3.63, 3.8) is 0 Å². The maximum atomic E-state index is 12.9. The Morgan fingerprint density at radius 3 is 2.48 bits per heavy atom. The Hall–Kier alpha value is -2.73. The molecule has 136 valence electrons. The van der Waals surface area contributed by atoms with Gasteiger partial charge in [-0.15, -0.1) is 11.3 Å². The van der Waals surface area contributed by atoms with Gasteiger partial charge in [0.05, 0.1) is 24.1 Å². The van der Waals surface area contributed by atoms with Crippen molar-refractivity contribution in [1.82, 2.24) is 5.32 Å². The third-order valence-electron chi connectivity index (χ3n) is 5.84. The minimum Gasteiger partial charge on any atom is -0.347 e. The molecule has 6 heteroatoms. The van der Waals surface area contributed by atoms with Gasteiger partial charge in [0.1, 0.15) is 0 Å². The summed E-state index contributed by atoms with van der Waals surface area (Å²) in [6.07, 6.45) is 5.07. The fourth-order valence-electron chi connectivity index (χ4n) is 4.63. The Morgan fingerprint density at radius 1 is 1.07 bits per heavy atom. The molecule has 1 N–H and O–H groups in total. The molecule has 1 aromatic carbocycles. The number of nitrogens with one attached hydrogen (secondary N) is 1. The van der Waals surface area contributed by atoms with Gasteiger partial charge in [-0.1, -0.05) is 24.3 Å². The number of allylic oxidation sites excluding steroid dienone is 2. The number of amides is 3. The third kappa shape index (κ3) is 2.55. The number of nitrogens with zero attached hydrogens (tertiary/aromatic N) is 1. The van der Waals surface area contributed by atoms with Crippen LogP contribution in [0.15, 0.2) is 53.9 Å². The molecule has 2 aliphatic carbocycles. The molecular weight excluding hydrogens is 360 g/mol. The number of carbonyl (C=O) groups excluding carboxylic acids is 3. The molecule has 0 radical (unpaired) electrons. The van der Waals surface area contributed by atoms with Crippen molar-refractivity contribution in [3.8, 4) is 0 Å². The molecule has 4 atom stereocenters. The molecule has 5 nitrogen and oxygen atoms in total. The highest BCUT2D eigenvalue weighted by Crippen LogP contribution is 2.53. The molecule has 2 aromatic rings. The van der Waals surface area contributed by atoms with Gasteiger partial charge in [0, 0.05) is 10.4 Å². The maximum absolute atomic E-state index is 12.9. The number of hydrogen-bond donors (Lipinski definition) is 1. The first-order chi connectivity index (χ1) is 13.1. The van der Waals surface area contributed by atoms with Gasteiger partial charge >= 0.3 is 0 Å². The number of benzene rings is 1. The topological polar surface area (TPSA) is 66.5 Å². The maximum Gasteiger partial charge on any atom is 0.251 e. The number of fused-ring (bicyclic) bond motifs is 5. The zero-order chi connectivity index (χ0) is 18.5. The summed E-state index contributed by atoms with van der Waals surface area (Å²) in [7, 11) is 0. The van der Waals surface area contributed by atoms with Crippen LogP contribution in [0.2, 0.25) is 0 Å². The summed E-state index contributed by atoms with van der Waals surface area (Å²) in [5.41, 5.74) is 0.936. The minimum atomic E-state index is -0.233. The lowest BCUT2D eigenvalue weighted by atomic mass is 9.85. The normalized spacial score (nSPS) is 28.1. The van der Waals surface area contributed by atoms with Crippen molar-refractivity contribution < 1.29 is 14.4 Å². The number of anilines is 1. The summed E-state index contributed by atoms with van der Waals surface area (Å²) in [5, 5.41) is 4.84. The fourth-order valence-corrected chi connectivity index (χ4v) is 5.27. The summed E-state index contributed by atoms with van der Waals surface area (Å²) < 4.78 is 0. The predicted octanol–water partition coefficient (Wildman–Crippen LogP) is 2.99. The Balaban J connectivity index is 1.37. The van der Waals surface area contributed by atoms with Crippen LogP contribution in [-0.2, 0) is 16.1 Å². The van der Waals surface area contributed by atoms with E-state index < -0.39 is 0 Å². The summed E-state index contributed by atoms with van der Waals surface area (Å²) in [6, 6.07) is 10.7. The molecule has 1 saturated carbocycles. The second kappa shape index (κ2) is 6.16. The second-order valence-corrected chi connectivity index (χ2v) is 8.36. The zero-order valence-corrected chi connectivity index (χ0v) is 15.3. The van der Waals surface area contributed by atoms with Crippen molar-refractivity contribution in [2.45, 2.75) is 13.0 Å². The first-order valence-electron chi connectivity index (χ1n) is 9.10. The highest BCUT2D eigenvalue weighted by Gasteiger charge is 2.59. The summed E-state index contributed by atoms with van der Waals surface area (Å²) in [6.45, 7) is 0.460. The Kier molecular flexibility index (Phi) is 3.75. The molecule has 4 unspecified atom stereocenters. The molecule has 2 heterocycles. The zero-order valence-electron chi connectivity index (χ0n) is 14.5. The number of carbonyl (C=O) groups is 3. The van der Waals surface area contributed by atoms with Crippen LogP contribution in [0.4, 0.5) is 5.69 Å². The summed E-state index contributed by atoms with van der Waals surface area (Å²) in [5.74, 6) is -0.577. The first kappa shape index (κ1) is 16.4. The van der Waals surface area contributed by atoms with E-state index in [1.54, 1.807) is 35.6 Å². The quantitative estimate of drug-likeness (QED) is 0.657. The molecular formula is C21H18N2O3S. The van der Waals surface area contributed by atoms with Crippen molar-refractivity contribution >= 4 is 34.7 Å². The van der Waals surface area contributed by atoms with Crippen molar-refractivity contribution in [2.75, 3.05) is 4.90 Å². The van der Waals surface area contributed by atoms with Crippen LogP contribution in [0.1, 0.15) is 21.7 Å². The van der Waals surface area contributed by atoms with Crippen molar-refractivity contribution in [2.24, 2.45) is 23.7 Å². The second-order valence-electron chi connectivity index (χ2n) is 7.32. The van der Waals surface area contributed by atoms with Crippen molar-refractivity contribution in [1.29, 1.82) is 0 Å². The summed E-state index contributed by atoms with van der Waals surface area (Å²) in [4.78, 5) is 40.7. The molecule has 1 aromatic heterocycles. The molecule has 1 aliphatic heterocycles. The molecule has 3 aliphatic rings. The van der Waals surface area contributed by atoms with E-state index in [4.69, 9.17) is 0 Å². The number of thiophene rings is 1. The van der Waals surface area contributed by atoms with Gasteiger partial charge in [-0.25, -0.2) is 4.90 Å². The van der Waals surface area contributed by atoms with Gasteiger partial charge < -0.3 is 5.32 Å². The Labute approximate surface area is 160 Å². The smallest absolute Gasteiger partial charge is 0.251 e. The van der Waals surface area contributed by atoms with E-state index >= 15 is 0 Å². The van der Waals surface area contributed by atoms with Gasteiger partial charge in [0.15, 0.2) is 0 Å². The van der Waals surface area contributed by atoms with Crippen LogP contribution in [0.25, 0.3) is 0 Å². The van der Waals surface area contributed by atoms with E-state index in [-0.39, 0.29) is 41.4 Å². The fraction of sp³-hybridized carbons (Fsp3) is 0.286. The molecule has 1 saturated heterocycles. The predicted molar refractivity (Wildman–Crippen MR) is 102 cm³/mol. The van der Waals surface area contributed by atoms with Crippen LogP contribution in [-0.4, -0.2) is 17.7 Å². The van der Waals surface area contributed by atoms with Crippen LogP contribution in [0.5, 0.6) is 0 Å². The van der Waals surface area contributed by atoms with E-state index in [2.05, 4.69) is 17.5 Å². The van der Waals surface area contributed by atoms with Gasteiger partial charge in [0.25, 0.3) is 5.91 Å². The van der Waals surface area contributed by atoms with Crippen LogP contribution >= 0.6 is 11.3 Å². The van der Waals surface area contributed by atoms with Gasteiger partial charge in [-0.05, 0) is 47.9 Å². The molecule has 27 heavy (non-hydrogen) atoms. The molecule has 3 amide bonds. The van der Waals surface area contributed by atoms with E-state index in [9.17, 15) is 14.4 Å². The van der Waals surface area contributed by atoms with E-state index in [0.29, 0.717) is 17.8 Å². The molecule has 2 bridgehead atoms.